The van der Waals surface area contributed by atoms with Crippen LogP contribution in [0.1, 0.15) is 11.5 Å². The number of rotatable bonds is 5. The molecule has 0 atom stereocenters. The summed E-state index contributed by atoms with van der Waals surface area (Å²) in [5.74, 6) is 2.22. The summed E-state index contributed by atoms with van der Waals surface area (Å²) in [6.07, 6.45) is 0. The van der Waals surface area contributed by atoms with E-state index in [1.54, 1.807) is 7.11 Å². The van der Waals surface area contributed by atoms with Gasteiger partial charge in [-0.05, 0) is 25.1 Å². The molecule has 0 spiro atoms. The van der Waals surface area contributed by atoms with Gasteiger partial charge in [0.1, 0.15) is 5.75 Å². The van der Waals surface area contributed by atoms with Crippen LogP contribution < -0.4 is 9.64 Å². The van der Waals surface area contributed by atoms with Gasteiger partial charge in [0.25, 0.3) is 0 Å². The van der Waals surface area contributed by atoms with Crippen molar-refractivity contribution in [1.29, 1.82) is 0 Å². The third-order valence-corrected chi connectivity index (χ3v) is 4.89. The van der Waals surface area contributed by atoms with Crippen molar-refractivity contribution >= 4 is 5.69 Å². The van der Waals surface area contributed by atoms with E-state index in [-0.39, 0.29) is 0 Å². The Balaban J connectivity index is 1.35. The van der Waals surface area contributed by atoms with E-state index >= 15 is 0 Å². The second-order valence-electron chi connectivity index (χ2n) is 6.85. The summed E-state index contributed by atoms with van der Waals surface area (Å²) in [6, 6.07) is 16.4. The van der Waals surface area contributed by atoms with Gasteiger partial charge in [-0.2, -0.15) is 4.98 Å². The minimum Gasteiger partial charge on any atom is -0.497 e. The summed E-state index contributed by atoms with van der Waals surface area (Å²) in [5.41, 5.74) is 3.38. The largest absolute Gasteiger partial charge is 0.497 e. The van der Waals surface area contributed by atoms with Gasteiger partial charge in [0, 0.05) is 43.5 Å². The van der Waals surface area contributed by atoms with Gasteiger partial charge >= 0.3 is 0 Å². The van der Waals surface area contributed by atoms with Crippen LogP contribution in [0.5, 0.6) is 5.75 Å². The predicted octanol–water partition coefficient (Wildman–Crippen LogP) is 3.38. The Morgan fingerprint density at radius 2 is 1.85 bits per heavy atom. The molecular formula is C21H24N4O2. The number of hydrogen-bond acceptors (Lipinski definition) is 6. The molecule has 2 aromatic carbocycles. The fourth-order valence-electron chi connectivity index (χ4n) is 3.38. The van der Waals surface area contributed by atoms with Crippen LogP contribution in [-0.2, 0) is 6.54 Å². The zero-order valence-corrected chi connectivity index (χ0v) is 15.8. The van der Waals surface area contributed by atoms with Crippen LogP contribution in [0.3, 0.4) is 0 Å². The number of aryl methyl sites for hydroxylation is 1. The standard InChI is InChI=1S/C21H24N4O2/c1-16-5-3-6-17(13-16)21-22-20(27-23-21)15-24-9-11-25(12-10-24)18-7-4-8-19(14-18)26-2/h3-8,13-14H,9-12,15H2,1-2H3. The fraction of sp³-hybridized carbons (Fsp3) is 0.333. The Bertz CT molecular complexity index is 900. The number of hydrogen-bond donors (Lipinski definition) is 0. The predicted molar refractivity (Wildman–Crippen MR) is 105 cm³/mol. The fourth-order valence-corrected chi connectivity index (χ4v) is 3.38. The van der Waals surface area contributed by atoms with Crippen molar-refractivity contribution in [3.63, 3.8) is 0 Å². The molecule has 6 heteroatoms. The van der Waals surface area contributed by atoms with Crippen LogP contribution in [0.15, 0.2) is 53.1 Å². The van der Waals surface area contributed by atoms with Gasteiger partial charge in [0.05, 0.1) is 13.7 Å². The van der Waals surface area contributed by atoms with Crippen molar-refractivity contribution < 1.29 is 9.26 Å². The van der Waals surface area contributed by atoms with Crippen LogP contribution in [0, 0.1) is 6.92 Å². The molecule has 6 nitrogen and oxygen atoms in total. The Labute approximate surface area is 159 Å². The zero-order valence-electron chi connectivity index (χ0n) is 15.8. The van der Waals surface area contributed by atoms with Crippen LogP contribution in [0.4, 0.5) is 5.69 Å². The van der Waals surface area contributed by atoms with Gasteiger partial charge in [0.15, 0.2) is 0 Å². The highest BCUT2D eigenvalue weighted by Crippen LogP contribution is 2.23. The van der Waals surface area contributed by atoms with E-state index in [1.165, 1.54) is 11.3 Å². The average molecular weight is 364 g/mol. The van der Waals surface area contributed by atoms with E-state index in [2.05, 4.69) is 51.1 Å². The Hall–Kier alpha value is -2.86. The SMILES string of the molecule is COc1cccc(N2CCN(Cc3nc(-c4cccc(C)c4)no3)CC2)c1. The van der Waals surface area contributed by atoms with E-state index in [9.17, 15) is 0 Å². The van der Waals surface area contributed by atoms with Crippen molar-refractivity contribution in [3.8, 4) is 17.1 Å². The lowest BCUT2D eigenvalue weighted by Gasteiger charge is -2.35. The van der Waals surface area contributed by atoms with Crippen LogP contribution >= 0.6 is 0 Å². The van der Waals surface area contributed by atoms with Gasteiger partial charge in [-0.25, -0.2) is 0 Å². The zero-order chi connectivity index (χ0) is 18.6. The molecule has 140 valence electrons. The van der Waals surface area contributed by atoms with Crippen molar-refractivity contribution in [1.82, 2.24) is 15.0 Å². The maximum Gasteiger partial charge on any atom is 0.241 e. The second-order valence-corrected chi connectivity index (χ2v) is 6.85. The van der Waals surface area contributed by atoms with E-state index < -0.39 is 0 Å². The molecule has 0 radical (unpaired) electrons. The van der Waals surface area contributed by atoms with E-state index in [1.807, 2.05) is 24.3 Å². The summed E-state index contributed by atoms with van der Waals surface area (Å²) in [6.45, 7) is 6.59. The van der Waals surface area contributed by atoms with E-state index in [0.717, 1.165) is 37.5 Å². The molecule has 2 heterocycles. The number of ether oxygens (including phenoxy) is 1. The van der Waals surface area contributed by atoms with Gasteiger partial charge in [-0.1, -0.05) is 35.0 Å². The van der Waals surface area contributed by atoms with Crippen molar-refractivity contribution in [2.75, 3.05) is 38.2 Å². The first-order valence-corrected chi connectivity index (χ1v) is 9.22. The minimum atomic E-state index is 0.656. The third-order valence-electron chi connectivity index (χ3n) is 4.89. The van der Waals surface area contributed by atoms with Crippen molar-refractivity contribution in [3.05, 3.63) is 60.0 Å². The lowest BCUT2D eigenvalue weighted by atomic mass is 10.1. The minimum absolute atomic E-state index is 0.656. The van der Waals surface area contributed by atoms with Gasteiger partial charge in [-0.15, -0.1) is 0 Å². The number of methoxy groups -OCH3 is 1. The first-order valence-electron chi connectivity index (χ1n) is 9.22. The van der Waals surface area contributed by atoms with Gasteiger partial charge in [-0.3, -0.25) is 4.90 Å². The Morgan fingerprint density at radius 3 is 2.63 bits per heavy atom. The van der Waals surface area contributed by atoms with Crippen molar-refractivity contribution in [2.45, 2.75) is 13.5 Å². The normalized spacial score (nSPS) is 15.1. The molecule has 0 aliphatic carbocycles. The van der Waals surface area contributed by atoms with Gasteiger partial charge in [0.2, 0.25) is 11.7 Å². The number of nitrogens with zero attached hydrogens (tertiary/aromatic N) is 4. The number of anilines is 1. The maximum absolute atomic E-state index is 5.47. The quantitative estimate of drug-likeness (QED) is 0.692. The molecule has 1 fully saturated rings. The Morgan fingerprint density at radius 1 is 1.04 bits per heavy atom. The summed E-state index contributed by atoms with van der Waals surface area (Å²) in [5, 5.41) is 4.14. The number of piperazine rings is 1. The van der Waals surface area contributed by atoms with E-state index in [0.29, 0.717) is 18.3 Å². The molecule has 1 aliphatic rings. The number of aromatic nitrogens is 2. The highest BCUT2D eigenvalue weighted by atomic mass is 16.5. The number of benzene rings is 2. The van der Waals surface area contributed by atoms with Gasteiger partial charge < -0.3 is 14.2 Å². The lowest BCUT2D eigenvalue weighted by molar-refractivity contribution is 0.215. The summed E-state index contributed by atoms with van der Waals surface area (Å²) in [4.78, 5) is 9.30. The summed E-state index contributed by atoms with van der Waals surface area (Å²) in [7, 11) is 1.70. The first-order chi connectivity index (χ1) is 13.2. The van der Waals surface area contributed by atoms with Crippen LogP contribution in [0.25, 0.3) is 11.4 Å². The summed E-state index contributed by atoms with van der Waals surface area (Å²) >= 11 is 0. The molecule has 4 rings (SSSR count). The topological polar surface area (TPSA) is 54.6 Å². The Kier molecular flexibility index (Phi) is 5.07. The molecule has 3 aromatic rings. The highest BCUT2D eigenvalue weighted by Gasteiger charge is 2.20. The third kappa shape index (κ3) is 4.11. The second kappa shape index (κ2) is 7.80. The molecule has 0 bridgehead atoms. The maximum atomic E-state index is 5.47. The molecule has 0 unspecified atom stereocenters. The molecule has 0 N–H and O–H groups in total. The molecule has 0 saturated carbocycles. The van der Waals surface area contributed by atoms with E-state index in [4.69, 9.17) is 9.26 Å². The molecule has 27 heavy (non-hydrogen) atoms. The first kappa shape index (κ1) is 17.5. The average Bonchev–Trinajstić information content (AvgIpc) is 3.17. The van der Waals surface area contributed by atoms with Crippen molar-refractivity contribution in [2.24, 2.45) is 0 Å². The lowest BCUT2D eigenvalue weighted by Crippen LogP contribution is -2.46. The molecule has 1 aliphatic heterocycles. The molecule has 0 amide bonds. The molecule has 1 aromatic heterocycles. The van der Waals surface area contributed by atoms with Crippen LogP contribution in [-0.4, -0.2) is 48.3 Å². The monoisotopic (exact) mass is 364 g/mol. The molecular weight excluding hydrogens is 340 g/mol. The molecule has 1 saturated heterocycles. The highest BCUT2D eigenvalue weighted by molar-refractivity contribution is 5.55. The summed E-state index contributed by atoms with van der Waals surface area (Å²) < 4.78 is 10.8. The van der Waals surface area contributed by atoms with Crippen LogP contribution in [0.2, 0.25) is 0 Å². The smallest absolute Gasteiger partial charge is 0.241 e.